The number of hydrogen-bond donors (Lipinski definition) is 0. The molecule has 1 fully saturated rings. The van der Waals surface area contributed by atoms with Gasteiger partial charge in [0, 0.05) is 0 Å². The van der Waals surface area contributed by atoms with Crippen molar-refractivity contribution in [2.75, 3.05) is 11.0 Å². The van der Waals surface area contributed by atoms with E-state index in [1.54, 1.807) is 0 Å². The van der Waals surface area contributed by atoms with Crippen LogP contribution in [0.15, 0.2) is 12.9 Å². The zero-order valence-electron chi connectivity index (χ0n) is 15.1. The summed E-state index contributed by atoms with van der Waals surface area (Å²) in [4.78, 5) is 0. The SMILES string of the molecule is CC1(C)OB(C2=[N][In]([CH2]OCC[Si](C)(C)C)[CH]=C2)OC1(C)C. The van der Waals surface area contributed by atoms with Gasteiger partial charge in [-0.1, -0.05) is 0 Å². The van der Waals surface area contributed by atoms with Gasteiger partial charge in [0.2, 0.25) is 0 Å². The Kier molecular flexibility index (Phi) is 5.76. The molecule has 0 bridgehead atoms. The molecule has 1 saturated heterocycles. The predicted octanol–water partition coefficient (Wildman–Crippen LogP) is 3.05. The number of rotatable bonds is 6. The third kappa shape index (κ3) is 4.72. The van der Waals surface area contributed by atoms with Crippen molar-refractivity contribution in [3.63, 3.8) is 0 Å². The third-order valence-electron chi connectivity index (χ3n) is 4.58. The van der Waals surface area contributed by atoms with Gasteiger partial charge in [-0.05, 0) is 0 Å². The summed E-state index contributed by atoms with van der Waals surface area (Å²) >= 11 is -2.05. The van der Waals surface area contributed by atoms with E-state index < -0.39 is 29.8 Å². The molecule has 0 unspecified atom stereocenters. The number of allylic oxidation sites excluding steroid dienone is 1. The quantitative estimate of drug-likeness (QED) is 0.486. The van der Waals surface area contributed by atoms with Crippen molar-refractivity contribution in [3.05, 3.63) is 9.91 Å². The fourth-order valence-corrected chi connectivity index (χ4v) is 7.85. The standard InChI is InChI=1S/C9H14BNO2.C6H15OSi.In/c1-6-7(11)10-12-8(2,3)9(4,5)13-10;1-7-5-6-8(2,3)4;/h1,6H,2-5H3;1,5-6H2,2-4H3;/q-1;;+1. The topological polar surface area (TPSA) is 40.0 Å². The summed E-state index contributed by atoms with van der Waals surface area (Å²) in [5, 5.41) is 0. The third-order valence-corrected chi connectivity index (χ3v) is 11.6. The molecular formula is C15H29BInNO3Si. The summed E-state index contributed by atoms with van der Waals surface area (Å²) in [6.45, 7) is 16.3. The summed E-state index contributed by atoms with van der Waals surface area (Å²) < 4.78 is 26.0. The van der Waals surface area contributed by atoms with Crippen LogP contribution in [0.3, 0.4) is 0 Å². The summed E-state index contributed by atoms with van der Waals surface area (Å²) in [6, 6.07) is 1.23. The van der Waals surface area contributed by atoms with Gasteiger partial charge in [0.25, 0.3) is 0 Å². The Labute approximate surface area is 144 Å². The van der Waals surface area contributed by atoms with Crippen molar-refractivity contribution in [2.24, 2.45) is 2.98 Å². The van der Waals surface area contributed by atoms with Crippen molar-refractivity contribution in [1.29, 1.82) is 0 Å². The van der Waals surface area contributed by atoms with Crippen molar-refractivity contribution in [1.82, 2.24) is 0 Å². The molecule has 0 aromatic rings. The molecule has 0 spiro atoms. The van der Waals surface area contributed by atoms with Gasteiger partial charge in [0.1, 0.15) is 0 Å². The Balaban J connectivity index is 1.83. The fourth-order valence-electron chi connectivity index (χ4n) is 2.27. The van der Waals surface area contributed by atoms with E-state index in [2.05, 4.69) is 57.2 Å². The van der Waals surface area contributed by atoms with Gasteiger partial charge in [-0.3, -0.25) is 0 Å². The molecule has 2 aliphatic heterocycles. The van der Waals surface area contributed by atoms with Crippen LogP contribution in [0.25, 0.3) is 0 Å². The van der Waals surface area contributed by atoms with Gasteiger partial charge in [0.15, 0.2) is 0 Å². The summed E-state index contributed by atoms with van der Waals surface area (Å²) in [6.07, 6.45) is 2.10. The maximum atomic E-state index is 6.06. The average molecular weight is 425 g/mol. The van der Waals surface area contributed by atoms with Gasteiger partial charge < -0.3 is 0 Å². The Morgan fingerprint density at radius 3 is 2.32 bits per heavy atom. The predicted molar refractivity (Wildman–Crippen MR) is 97.4 cm³/mol. The van der Waals surface area contributed by atoms with Crippen LogP contribution >= 0.6 is 0 Å². The zero-order valence-corrected chi connectivity index (χ0v) is 19.4. The van der Waals surface area contributed by atoms with Gasteiger partial charge in [-0.15, -0.1) is 0 Å². The first-order chi connectivity index (χ1) is 10.0. The maximum absolute atomic E-state index is 6.06. The molecule has 0 amide bonds. The van der Waals surface area contributed by atoms with Gasteiger partial charge in [-0.2, -0.15) is 0 Å². The molecule has 0 N–H and O–H groups in total. The number of hydrogen-bond acceptors (Lipinski definition) is 4. The Hall–Kier alpha value is 0.442. The minimum absolute atomic E-state index is 0.296. The molecule has 0 aliphatic carbocycles. The van der Waals surface area contributed by atoms with E-state index in [9.17, 15) is 0 Å². The minimum atomic E-state index is -2.05. The van der Waals surface area contributed by atoms with Gasteiger partial charge >= 0.3 is 145 Å². The zero-order chi connectivity index (χ0) is 16.6. The normalized spacial score (nSPS) is 23.3. The molecule has 0 aromatic heterocycles. The Morgan fingerprint density at radius 2 is 1.77 bits per heavy atom. The molecule has 2 aliphatic rings. The van der Waals surface area contributed by atoms with Crippen LogP contribution in [0, 0.1) is 0 Å². The molecule has 22 heavy (non-hydrogen) atoms. The molecule has 122 valence electrons. The second-order valence-electron chi connectivity index (χ2n) is 8.45. The van der Waals surface area contributed by atoms with E-state index in [4.69, 9.17) is 17.0 Å². The molecule has 0 aromatic carbocycles. The van der Waals surface area contributed by atoms with Crippen molar-refractivity contribution in [3.8, 4) is 0 Å². The first-order valence-electron chi connectivity index (χ1n) is 8.19. The van der Waals surface area contributed by atoms with Crippen LogP contribution < -0.4 is 0 Å². The second kappa shape index (κ2) is 6.75. The molecular weight excluding hydrogens is 396 g/mol. The van der Waals surface area contributed by atoms with Crippen LogP contribution in [-0.2, 0) is 14.0 Å². The molecule has 2 rings (SSSR count). The summed E-state index contributed by atoms with van der Waals surface area (Å²) in [7, 11) is -1.31. The van der Waals surface area contributed by atoms with Gasteiger partial charge in [0.05, 0.1) is 0 Å². The monoisotopic (exact) mass is 425 g/mol. The number of ether oxygens (including phenoxy) is 1. The van der Waals surface area contributed by atoms with E-state index in [-0.39, 0.29) is 18.3 Å². The fraction of sp³-hybridized carbons (Fsp3) is 0.800. The van der Waals surface area contributed by atoms with Crippen LogP contribution in [-0.4, -0.2) is 64.7 Å². The summed E-state index contributed by atoms with van der Waals surface area (Å²) in [5.74, 6) is 0. The van der Waals surface area contributed by atoms with Crippen LogP contribution in [0.4, 0.5) is 0 Å². The van der Waals surface area contributed by atoms with E-state index in [0.717, 1.165) is 16.6 Å². The van der Waals surface area contributed by atoms with Crippen LogP contribution in [0.2, 0.25) is 25.7 Å². The molecule has 7 heteroatoms. The molecule has 0 radical (unpaired) electrons. The second-order valence-corrected chi connectivity index (χ2v) is 20.1. The molecule has 0 saturated carbocycles. The van der Waals surface area contributed by atoms with E-state index in [0.29, 0.717) is 0 Å². The van der Waals surface area contributed by atoms with Crippen LogP contribution in [0.5, 0.6) is 0 Å². The summed E-state index contributed by atoms with van der Waals surface area (Å²) in [5.41, 5.74) is 0.374. The van der Waals surface area contributed by atoms with Crippen molar-refractivity contribution in [2.45, 2.75) is 64.6 Å². The molecule has 0 atom stereocenters. The first kappa shape index (κ1) is 18.8. The number of nitrogens with zero attached hydrogens (tertiary/aromatic N) is 1. The van der Waals surface area contributed by atoms with E-state index in [1.165, 1.54) is 6.04 Å². The first-order valence-corrected chi connectivity index (χ1v) is 17.6. The van der Waals surface area contributed by atoms with E-state index >= 15 is 0 Å². The Bertz CT molecular complexity index is 458. The van der Waals surface area contributed by atoms with Crippen molar-refractivity contribution >= 4 is 42.5 Å². The Morgan fingerprint density at radius 1 is 1.18 bits per heavy atom. The molecule has 2 heterocycles. The van der Waals surface area contributed by atoms with Crippen molar-refractivity contribution < 1.29 is 14.0 Å². The van der Waals surface area contributed by atoms with Gasteiger partial charge in [-0.25, -0.2) is 0 Å². The van der Waals surface area contributed by atoms with E-state index in [1.807, 2.05) is 0 Å². The average Bonchev–Trinajstić information content (AvgIpc) is 2.87. The van der Waals surface area contributed by atoms with Crippen LogP contribution in [0.1, 0.15) is 27.7 Å². The molecule has 4 nitrogen and oxygen atoms in total.